The van der Waals surface area contributed by atoms with Crippen LogP contribution in [0.5, 0.6) is 17.2 Å². The lowest BCUT2D eigenvalue weighted by Crippen LogP contribution is -2.15. The Balaban J connectivity index is 1.97. The molecule has 0 bridgehead atoms. The first-order valence-electron chi connectivity index (χ1n) is 7.44. The summed E-state index contributed by atoms with van der Waals surface area (Å²) in [5.74, 6) is 14.7. The quantitative estimate of drug-likeness (QED) is 0.556. The minimum Gasteiger partial charge on any atom is -0.497 e. The fraction of sp³-hybridized carbons (Fsp3) is 0.200. The Labute approximate surface area is 150 Å². The van der Waals surface area contributed by atoms with E-state index in [0.29, 0.717) is 24.3 Å². The molecule has 120 valence electrons. The number of benzene rings is 2. The van der Waals surface area contributed by atoms with E-state index in [-0.39, 0.29) is 0 Å². The zero-order valence-electron chi connectivity index (χ0n) is 13.2. The lowest BCUT2D eigenvalue weighted by molar-refractivity contribution is 0.171. The molecule has 2 aromatic carbocycles. The summed E-state index contributed by atoms with van der Waals surface area (Å²) in [6, 6.07) is 11.4. The van der Waals surface area contributed by atoms with Crippen molar-refractivity contribution >= 4 is 15.9 Å². The topological polar surface area (TPSA) is 27.7 Å². The van der Waals surface area contributed by atoms with Crippen LogP contribution in [-0.2, 0) is 0 Å². The fourth-order valence-corrected chi connectivity index (χ4v) is 2.38. The number of rotatable bonds is 1. The highest BCUT2D eigenvalue weighted by Crippen LogP contribution is 2.32. The summed E-state index contributed by atoms with van der Waals surface area (Å²) in [5.41, 5.74) is 2.56. The second-order valence-corrected chi connectivity index (χ2v) is 5.52. The van der Waals surface area contributed by atoms with Gasteiger partial charge in [0.25, 0.3) is 0 Å². The lowest BCUT2D eigenvalue weighted by atomic mass is 10.1. The molecule has 0 unspecified atom stereocenters. The van der Waals surface area contributed by atoms with Crippen molar-refractivity contribution in [3.63, 3.8) is 0 Å². The van der Waals surface area contributed by atoms with E-state index in [9.17, 15) is 0 Å². The first kappa shape index (κ1) is 16.3. The number of halogens is 1. The first-order valence-corrected chi connectivity index (χ1v) is 8.57. The van der Waals surface area contributed by atoms with E-state index < -0.39 is 0 Å². The summed E-state index contributed by atoms with van der Waals surface area (Å²) in [4.78, 5) is 0. The van der Waals surface area contributed by atoms with Crippen LogP contribution in [0.2, 0.25) is 0 Å². The third-order valence-corrected chi connectivity index (χ3v) is 3.68. The monoisotopic (exact) mass is 382 g/mol. The number of ether oxygens (including phenoxy) is 3. The Bertz CT molecular complexity index is 849. The second-order valence-electron chi connectivity index (χ2n) is 4.96. The maximum Gasteiger partial charge on any atom is 0.162 e. The summed E-state index contributed by atoms with van der Waals surface area (Å²) in [6.45, 7) is 1.10. The van der Waals surface area contributed by atoms with Crippen molar-refractivity contribution in [3.8, 4) is 40.9 Å². The molecule has 0 aliphatic carbocycles. The molecule has 1 heterocycles. The number of hydrogen-bond donors (Lipinski definition) is 0. The molecule has 24 heavy (non-hydrogen) atoms. The van der Waals surface area contributed by atoms with Gasteiger partial charge in [0.15, 0.2) is 11.5 Å². The largest absolute Gasteiger partial charge is 0.497 e. The first-order chi connectivity index (χ1) is 11.8. The fourth-order valence-electron chi connectivity index (χ4n) is 2.24. The molecule has 0 atom stereocenters. The minimum absolute atomic E-state index is 0.546. The van der Waals surface area contributed by atoms with Crippen LogP contribution in [0.3, 0.4) is 0 Å². The maximum atomic E-state index is 5.64. The van der Waals surface area contributed by atoms with Crippen LogP contribution in [0.1, 0.15) is 16.7 Å². The molecule has 1 aliphatic heterocycles. The van der Waals surface area contributed by atoms with Crippen molar-refractivity contribution in [2.45, 2.75) is 0 Å². The van der Waals surface area contributed by atoms with E-state index in [2.05, 4.69) is 39.6 Å². The van der Waals surface area contributed by atoms with Crippen molar-refractivity contribution in [1.82, 2.24) is 0 Å². The van der Waals surface area contributed by atoms with Crippen LogP contribution < -0.4 is 14.2 Å². The molecule has 0 radical (unpaired) electrons. The van der Waals surface area contributed by atoms with Crippen molar-refractivity contribution in [1.29, 1.82) is 0 Å². The molecule has 2 aromatic rings. The Kier molecular flexibility index (Phi) is 5.31. The van der Waals surface area contributed by atoms with Gasteiger partial charge in [-0.15, -0.1) is 0 Å². The van der Waals surface area contributed by atoms with Gasteiger partial charge in [-0.2, -0.15) is 0 Å². The predicted molar refractivity (Wildman–Crippen MR) is 97.1 cm³/mol. The maximum absolute atomic E-state index is 5.64. The molecular weight excluding hydrogens is 368 g/mol. The summed E-state index contributed by atoms with van der Waals surface area (Å²) in [5, 5.41) is 0.604. The van der Waals surface area contributed by atoms with Gasteiger partial charge >= 0.3 is 0 Å². The molecule has 3 nitrogen and oxygen atoms in total. The average Bonchev–Trinajstić information content (AvgIpc) is 2.64. The number of methoxy groups -OCH3 is 1. The van der Waals surface area contributed by atoms with Gasteiger partial charge in [-0.05, 0) is 24.3 Å². The van der Waals surface area contributed by atoms with Crippen molar-refractivity contribution in [3.05, 3.63) is 53.1 Å². The van der Waals surface area contributed by atoms with Gasteiger partial charge in [-0.25, -0.2) is 0 Å². The van der Waals surface area contributed by atoms with Crippen molar-refractivity contribution in [2.24, 2.45) is 0 Å². The highest BCUT2D eigenvalue weighted by atomic mass is 79.9. The Morgan fingerprint density at radius 2 is 1.58 bits per heavy atom. The normalized spacial score (nSPS) is 11.6. The van der Waals surface area contributed by atoms with Crippen LogP contribution in [-0.4, -0.2) is 25.7 Å². The number of fused-ring (bicyclic) bond motifs is 1. The van der Waals surface area contributed by atoms with Crippen LogP contribution in [0.15, 0.2) is 36.4 Å². The molecule has 1 aliphatic rings. The van der Waals surface area contributed by atoms with Crippen LogP contribution in [0.4, 0.5) is 0 Å². The van der Waals surface area contributed by atoms with Gasteiger partial charge in [0.05, 0.1) is 12.4 Å². The Morgan fingerprint density at radius 3 is 2.17 bits per heavy atom. The van der Waals surface area contributed by atoms with E-state index in [1.165, 1.54) is 0 Å². The summed E-state index contributed by atoms with van der Waals surface area (Å²) in [6.07, 6.45) is 0. The third kappa shape index (κ3) is 3.85. The highest BCUT2D eigenvalue weighted by molar-refractivity contribution is 9.09. The molecule has 0 N–H and O–H groups in total. The van der Waals surface area contributed by atoms with Crippen LogP contribution >= 0.6 is 15.9 Å². The summed E-state index contributed by atoms with van der Waals surface area (Å²) >= 11 is 3.32. The zero-order chi connectivity index (χ0) is 16.8. The Hall–Kier alpha value is -2.56. The molecule has 3 rings (SSSR count). The van der Waals surface area contributed by atoms with Crippen molar-refractivity contribution < 1.29 is 14.2 Å². The molecule has 0 amide bonds. The summed E-state index contributed by atoms with van der Waals surface area (Å²) < 4.78 is 16.4. The van der Waals surface area contributed by atoms with E-state index in [0.717, 1.165) is 28.2 Å². The van der Waals surface area contributed by atoms with Crippen LogP contribution in [0.25, 0.3) is 0 Å². The molecule has 0 saturated heterocycles. The molecule has 4 heteroatoms. The van der Waals surface area contributed by atoms with Crippen molar-refractivity contribution in [2.75, 3.05) is 25.7 Å². The average molecular weight is 383 g/mol. The second kappa shape index (κ2) is 7.81. The highest BCUT2D eigenvalue weighted by Gasteiger charge is 2.14. The Morgan fingerprint density at radius 1 is 0.958 bits per heavy atom. The van der Waals surface area contributed by atoms with Gasteiger partial charge in [0.2, 0.25) is 0 Å². The molecule has 0 spiro atoms. The van der Waals surface area contributed by atoms with Gasteiger partial charge in [0, 0.05) is 28.8 Å². The number of alkyl halides is 1. The standard InChI is InChI=1S/C20H15BrO3/c1-22-18-8-5-15(6-9-18)4-7-17-14-20-19(23-11-12-24-20)13-16(17)3-2-10-21/h5-6,8-9,13-14H,10-12H2,1H3. The third-order valence-electron chi connectivity index (χ3n) is 3.40. The van der Waals surface area contributed by atoms with E-state index in [4.69, 9.17) is 14.2 Å². The van der Waals surface area contributed by atoms with Gasteiger partial charge in [0.1, 0.15) is 19.0 Å². The number of hydrogen-bond acceptors (Lipinski definition) is 3. The smallest absolute Gasteiger partial charge is 0.162 e. The summed E-state index contributed by atoms with van der Waals surface area (Å²) in [7, 11) is 1.64. The van der Waals surface area contributed by atoms with Gasteiger partial charge in [-0.3, -0.25) is 0 Å². The zero-order valence-corrected chi connectivity index (χ0v) is 14.8. The van der Waals surface area contributed by atoms with E-state index in [1.807, 2.05) is 36.4 Å². The van der Waals surface area contributed by atoms with E-state index >= 15 is 0 Å². The minimum atomic E-state index is 0.546. The van der Waals surface area contributed by atoms with Gasteiger partial charge < -0.3 is 14.2 Å². The van der Waals surface area contributed by atoms with E-state index in [1.54, 1.807) is 7.11 Å². The molecule has 0 aromatic heterocycles. The SMILES string of the molecule is COc1ccc(C#Cc2cc3c(cc2C#CCBr)OCCO3)cc1. The molecule has 0 saturated carbocycles. The molecule has 0 fully saturated rings. The predicted octanol–water partition coefficient (Wildman–Crippen LogP) is 3.61. The van der Waals surface area contributed by atoms with Crippen LogP contribution in [0, 0.1) is 23.7 Å². The lowest BCUT2D eigenvalue weighted by Gasteiger charge is -2.19. The van der Waals surface area contributed by atoms with Gasteiger partial charge in [-0.1, -0.05) is 39.6 Å². The molecular formula is C20H15BrO3.